The summed E-state index contributed by atoms with van der Waals surface area (Å²) >= 11 is 4.28. The molecule has 0 rings (SSSR count). The maximum absolute atomic E-state index is 11.7. The largest absolute Gasteiger partial charge is 0.389 e. The summed E-state index contributed by atoms with van der Waals surface area (Å²) in [5.74, 6) is -0.107. The number of hydrogen-bond donors (Lipinski definition) is 4. The first kappa shape index (κ1) is 27.0. The van der Waals surface area contributed by atoms with E-state index in [1.54, 1.807) is 0 Å². The Kier molecular flexibility index (Phi) is 18.0. The Morgan fingerprint density at radius 1 is 0.926 bits per heavy atom. The molecule has 0 aliphatic heterocycles. The van der Waals surface area contributed by atoms with Crippen LogP contribution in [-0.4, -0.2) is 40.1 Å². The molecule has 1 amide bonds. The summed E-state index contributed by atoms with van der Waals surface area (Å²) in [6.07, 6.45) is 15.9. The quantitative estimate of drug-likeness (QED) is 0.183. The first-order chi connectivity index (χ1) is 12.8. The van der Waals surface area contributed by atoms with Crippen LogP contribution >= 0.6 is 6.72 Å². The smallest absolute Gasteiger partial charge is 0.321 e. The van der Waals surface area contributed by atoms with E-state index in [1.807, 2.05) is 0 Å². The van der Waals surface area contributed by atoms with Gasteiger partial charge in [0, 0.05) is 13.0 Å². The van der Waals surface area contributed by atoms with Crippen molar-refractivity contribution < 1.29 is 24.2 Å². The lowest BCUT2D eigenvalue weighted by atomic mass is 10.0. The normalized spacial score (nSPS) is 12.9. The van der Waals surface area contributed by atoms with Crippen molar-refractivity contribution >= 4 is 24.4 Å². The number of aliphatic hydroxyl groups excluding tert-OH is 1. The molecule has 1 unspecified atom stereocenters. The Balaban J connectivity index is 3.33. The van der Waals surface area contributed by atoms with Crippen LogP contribution in [0.25, 0.3) is 0 Å². The molecule has 1 atom stereocenters. The lowest BCUT2D eigenvalue weighted by Gasteiger charge is -2.14. The van der Waals surface area contributed by atoms with Crippen LogP contribution in [-0.2, 0) is 21.1 Å². The lowest BCUT2D eigenvalue weighted by molar-refractivity contribution is -0.121. The van der Waals surface area contributed by atoms with Gasteiger partial charge < -0.3 is 24.7 Å². The summed E-state index contributed by atoms with van der Waals surface area (Å²) in [7, 11) is 0. The molecule has 6 nitrogen and oxygen atoms in total. The van der Waals surface area contributed by atoms with Gasteiger partial charge >= 0.3 is 6.72 Å². The highest BCUT2D eigenvalue weighted by Gasteiger charge is 2.13. The van der Waals surface area contributed by atoms with E-state index in [2.05, 4.69) is 28.6 Å². The highest BCUT2D eigenvalue weighted by Crippen LogP contribution is 2.36. The van der Waals surface area contributed by atoms with Crippen molar-refractivity contribution in [2.75, 3.05) is 13.2 Å². The Labute approximate surface area is 170 Å². The van der Waals surface area contributed by atoms with E-state index in [0.717, 1.165) is 19.3 Å². The number of hydrogen-bond acceptors (Lipinski definition) is 4. The van der Waals surface area contributed by atoms with E-state index in [0.29, 0.717) is 6.42 Å². The molecule has 0 saturated carbocycles. The third kappa shape index (κ3) is 22.1. The number of carbonyl (C=O) groups is 1. The van der Waals surface area contributed by atoms with Crippen LogP contribution in [0.4, 0.5) is 0 Å². The van der Waals surface area contributed by atoms with Crippen molar-refractivity contribution in [2.24, 2.45) is 0 Å². The summed E-state index contributed by atoms with van der Waals surface area (Å²) < 4.78 is 4.54. The van der Waals surface area contributed by atoms with Gasteiger partial charge in [0.05, 0.1) is 12.7 Å². The van der Waals surface area contributed by atoms with Gasteiger partial charge in [-0.05, 0) is 18.2 Å². The van der Waals surface area contributed by atoms with Gasteiger partial charge in [-0.3, -0.25) is 4.79 Å². The first-order valence-electron chi connectivity index (χ1n) is 10.5. The molecular weight excluding hydrogens is 385 g/mol. The summed E-state index contributed by atoms with van der Waals surface area (Å²) in [5, 5.41) is 12.2. The molecule has 0 radical (unpaired) electrons. The zero-order valence-corrected chi connectivity index (χ0v) is 18.6. The van der Waals surface area contributed by atoms with E-state index in [9.17, 15) is 9.90 Å². The maximum Gasteiger partial charge on any atom is 0.321 e. The molecule has 0 saturated heterocycles. The molecule has 0 aromatic heterocycles. The number of nitrogens with one attached hydrogen (secondary N) is 1. The van der Waals surface area contributed by atoms with Crippen LogP contribution in [0, 0.1) is 0 Å². The Hall–Kier alpha value is -0.0400. The van der Waals surface area contributed by atoms with Crippen molar-refractivity contribution in [3.05, 3.63) is 0 Å². The Morgan fingerprint density at radius 2 is 1.37 bits per heavy atom. The van der Waals surface area contributed by atoms with Crippen LogP contribution in [0.1, 0.15) is 96.8 Å². The molecule has 0 spiro atoms. The van der Waals surface area contributed by atoms with Crippen molar-refractivity contribution in [1.29, 1.82) is 0 Å². The monoisotopic (exact) mass is 425 g/mol. The molecule has 0 aromatic carbocycles. The lowest BCUT2D eigenvalue weighted by Crippen LogP contribution is -2.34. The van der Waals surface area contributed by atoms with Crippen molar-refractivity contribution in [3.8, 4) is 0 Å². The molecule has 0 heterocycles. The average molecular weight is 426 g/mol. The van der Waals surface area contributed by atoms with Gasteiger partial charge in [0.15, 0.2) is 0 Å². The molecule has 0 aliphatic rings. The highest BCUT2D eigenvalue weighted by atomic mass is 32.5. The maximum atomic E-state index is 11.7. The zero-order chi connectivity index (χ0) is 20.4. The van der Waals surface area contributed by atoms with Gasteiger partial charge in [-0.15, -0.1) is 0 Å². The minimum absolute atomic E-state index is 0.0204. The fourth-order valence-corrected chi connectivity index (χ4v) is 3.41. The fourth-order valence-electron chi connectivity index (χ4n) is 2.87. The van der Waals surface area contributed by atoms with Gasteiger partial charge in [-0.2, -0.15) is 0 Å². The van der Waals surface area contributed by atoms with Gasteiger partial charge in [-0.25, -0.2) is 0 Å². The molecule has 0 fully saturated rings. The van der Waals surface area contributed by atoms with Gasteiger partial charge in [0.2, 0.25) is 5.91 Å². The van der Waals surface area contributed by atoms with Crippen LogP contribution < -0.4 is 5.32 Å². The molecule has 4 N–H and O–H groups in total. The third-order valence-electron chi connectivity index (χ3n) is 4.48. The number of carbonyl (C=O) groups excluding carboxylic acids is 1. The molecular formula is C19H40NO5PS. The fraction of sp³-hybridized carbons (Fsp3) is 0.947. The second kappa shape index (κ2) is 18.0. The second-order valence-electron chi connectivity index (χ2n) is 7.24. The van der Waals surface area contributed by atoms with Gasteiger partial charge in [0.25, 0.3) is 0 Å². The molecule has 27 heavy (non-hydrogen) atoms. The summed E-state index contributed by atoms with van der Waals surface area (Å²) in [6.45, 7) is -1.78. The van der Waals surface area contributed by atoms with Crippen molar-refractivity contribution in [1.82, 2.24) is 5.32 Å². The number of amides is 1. The van der Waals surface area contributed by atoms with E-state index in [4.69, 9.17) is 9.79 Å². The molecule has 0 aromatic rings. The Bertz CT molecular complexity index is 406. The summed E-state index contributed by atoms with van der Waals surface area (Å²) in [6, 6.07) is 0. The zero-order valence-electron chi connectivity index (χ0n) is 16.9. The van der Waals surface area contributed by atoms with Gasteiger partial charge in [-0.1, -0.05) is 84.0 Å². The topological polar surface area (TPSA) is 99.0 Å². The number of aliphatic hydroxyl groups is 1. The van der Waals surface area contributed by atoms with E-state index in [-0.39, 0.29) is 19.1 Å². The molecule has 0 bridgehead atoms. The number of rotatable bonds is 19. The average Bonchev–Trinajstić information content (AvgIpc) is 2.61. The van der Waals surface area contributed by atoms with Crippen LogP contribution in [0.15, 0.2) is 0 Å². The molecule has 0 aliphatic carbocycles. The third-order valence-corrected chi connectivity index (χ3v) is 5.28. The van der Waals surface area contributed by atoms with Crippen LogP contribution in [0.2, 0.25) is 0 Å². The van der Waals surface area contributed by atoms with E-state index < -0.39 is 12.8 Å². The minimum Gasteiger partial charge on any atom is -0.389 e. The standard InChI is InChI=1S/C19H40NO5PS/c1-2-3-4-5-6-7-8-9-10-11-12-13-14-15-19(22)20-16-18(21)17-25-26(23,24)27/h18,21H,2-17H2,1H3,(H,20,22)(H2,23,24,27). The first-order valence-corrected chi connectivity index (χ1v) is 13.1. The predicted octanol–water partition coefficient (Wildman–Crippen LogP) is 4.17. The molecule has 162 valence electrons. The van der Waals surface area contributed by atoms with E-state index >= 15 is 0 Å². The minimum atomic E-state index is -3.75. The van der Waals surface area contributed by atoms with Crippen molar-refractivity contribution in [2.45, 2.75) is 103 Å². The molecule has 8 heteroatoms. The van der Waals surface area contributed by atoms with E-state index in [1.165, 1.54) is 64.2 Å². The number of unbranched alkanes of at least 4 members (excludes halogenated alkanes) is 12. The van der Waals surface area contributed by atoms with Crippen molar-refractivity contribution in [3.63, 3.8) is 0 Å². The van der Waals surface area contributed by atoms with Crippen LogP contribution in [0.3, 0.4) is 0 Å². The SMILES string of the molecule is CCCCCCCCCCCCCCCC(=O)NCC(O)COP(O)(O)=S. The predicted molar refractivity (Wildman–Crippen MR) is 114 cm³/mol. The second-order valence-corrected chi connectivity index (χ2v) is 9.90. The van der Waals surface area contributed by atoms with Gasteiger partial charge in [0.1, 0.15) is 0 Å². The van der Waals surface area contributed by atoms with Crippen LogP contribution in [0.5, 0.6) is 0 Å². The highest BCUT2D eigenvalue weighted by molar-refractivity contribution is 8.06. The Morgan fingerprint density at radius 3 is 1.81 bits per heavy atom. The summed E-state index contributed by atoms with van der Waals surface area (Å²) in [5.41, 5.74) is 0. The summed E-state index contributed by atoms with van der Waals surface area (Å²) in [4.78, 5) is 29.5.